The molecule has 0 aliphatic carbocycles. The van der Waals surface area contributed by atoms with E-state index in [4.69, 9.17) is 9.84 Å². The number of allylic oxidation sites excluding steroid dienone is 2. The van der Waals surface area contributed by atoms with Gasteiger partial charge in [-0.25, -0.2) is 0 Å². The topological polar surface area (TPSA) is 63.6 Å². The standard InChI is InChI=1S/C36H68O4/c1-3-5-7-9-11-12-13-14-15-16-21-25-29-33-36(39)40-34(30-26-22-18-10-8-6-4-2)31-27-23-19-17-20-24-28-32-35(37)38/h12-13,34H,3-11,14-33H2,1-2H3,(H,37,38)/b13-12-. The first kappa shape index (κ1) is 38.7. The Balaban J connectivity index is 4.01. The molecule has 0 saturated heterocycles. The third kappa shape index (κ3) is 31.2. The fourth-order valence-corrected chi connectivity index (χ4v) is 5.35. The number of carbonyl (C=O) groups excluding carboxylic acids is 1. The second-order valence-corrected chi connectivity index (χ2v) is 12.1. The number of unbranched alkanes of at least 4 members (excludes halogenated alkanes) is 21. The lowest BCUT2D eigenvalue weighted by Gasteiger charge is -2.18. The van der Waals surface area contributed by atoms with Crippen molar-refractivity contribution in [2.24, 2.45) is 0 Å². The van der Waals surface area contributed by atoms with Crippen LogP contribution in [0.1, 0.15) is 200 Å². The zero-order chi connectivity index (χ0) is 29.4. The summed E-state index contributed by atoms with van der Waals surface area (Å²) >= 11 is 0. The van der Waals surface area contributed by atoms with Crippen LogP contribution in [-0.2, 0) is 14.3 Å². The molecule has 0 rings (SSSR count). The predicted octanol–water partition coefficient (Wildman–Crippen LogP) is 11.9. The van der Waals surface area contributed by atoms with Gasteiger partial charge in [0.15, 0.2) is 0 Å². The molecule has 236 valence electrons. The van der Waals surface area contributed by atoms with Gasteiger partial charge in [0, 0.05) is 12.8 Å². The van der Waals surface area contributed by atoms with Crippen molar-refractivity contribution < 1.29 is 19.4 Å². The highest BCUT2D eigenvalue weighted by atomic mass is 16.5. The molecule has 1 atom stereocenters. The summed E-state index contributed by atoms with van der Waals surface area (Å²) < 4.78 is 5.98. The summed E-state index contributed by atoms with van der Waals surface area (Å²) in [6.45, 7) is 4.52. The van der Waals surface area contributed by atoms with Gasteiger partial charge in [-0.1, -0.05) is 135 Å². The molecule has 0 amide bonds. The van der Waals surface area contributed by atoms with Crippen molar-refractivity contribution in [2.45, 2.75) is 206 Å². The summed E-state index contributed by atoms with van der Waals surface area (Å²) in [4.78, 5) is 23.2. The highest BCUT2D eigenvalue weighted by Crippen LogP contribution is 2.19. The van der Waals surface area contributed by atoms with Crippen molar-refractivity contribution >= 4 is 11.9 Å². The fourth-order valence-electron chi connectivity index (χ4n) is 5.35. The number of carboxylic acid groups (broad SMARTS) is 1. The number of carbonyl (C=O) groups is 2. The normalized spacial score (nSPS) is 12.2. The van der Waals surface area contributed by atoms with Gasteiger partial charge in [0.05, 0.1) is 0 Å². The molecule has 40 heavy (non-hydrogen) atoms. The van der Waals surface area contributed by atoms with E-state index in [1.165, 1.54) is 122 Å². The molecule has 0 aliphatic rings. The number of carboxylic acids is 1. The van der Waals surface area contributed by atoms with E-state index >= 15 is 0 Å². The van der Waals surface area contributed by atoms with E-state index in [1.54, 1.807) is 0 Å². The van der Waals surface area contributed by atoms with E-state index in [-0.39, 0.29) is 12.1 Å². The maximum Gasteiger partial charge on any atom is 0.306 e. The van der Waals surface area contributed by atoms with E-state index in [2.05, 4.69) is 26.0 Å². The lowest BCUT2D eigenvalue weighted by molar-refractivity contribution is -0.150. The molecule has 4 heteroatoms. The molecule has 1 unspecified atom stereocenters. The minimum Gasteiger partial charge on any atom is -0.481 e. The molecule has 0 radical (unpaired) electrons. The van der Waals surface area contributed by atoms with Crippen molar-refractivity contribution in [1.82, 2.24) is 0 Å². The van der Waals surface area contributed by atoms with Gasteiger partial charge in [-0.05, 0) is 64.2 Å². The van der Waals surface area contributed by atoms with Crippen LogP contribution in [0, 0.1) is 0 Å². The van der Waals surface area contributed by atoms with E-state index in [0.29, 0.717) is 12.8 Å². The molecular weight excluding hydrogens is 496 g/mol. The van der Waals surface area contributed by atoms with Crippen LogP contribution in [0.3, 0.4) is 0 Å². The van der Waals surface area contributed by atoms with Gasteiger partial charge < -0.3 is 9.84 Å². The molecule has 0 aromatic heterocycles. The van der Waals surface area contributed by atoms with Gasteiger partial charge in [0.2, 0.25) is 0 Å². The van der Waals surface area contributed by atoms with Crippen molar-refractivity contribution in [1.29, 1.82) is 0 Å². The first-order valence-electron chi connectivity index (χ1n) is 17.7. The van der Waals surface area contributed by atoms with Gasteiger partial charge in [-0.2, -0.15) is 0 Å². The van der Waals surface area contributed by atoms with E-state index < -0.39 is 5.97 Å². The Bertz CT molecular complexity index is 571. The SMILES string of the molecule is CCCCCC/C=C\CCCCCCCC(=O)OC(CCCCCCCCC)CCCCCCCCCC(=O)O. The smallest absolute Gasteiger partial charge is 0.306 e. The quantitative estimate of drug-likeness (QED) is 0.0501. The molecule has 4 nitrogen and oxygen atoms in total. The molecule has 0 bridgehead atoms. The molecule has 0 fully saturated rings. The summed E-state index contributed by atoms with van der Waals surface area (Å²) in [7, 11) is 0. The van der Waals surface area contributed by atoms with Gasteiger partial charge in [0.1, 0.15) is 6.10 Å². The number of aliphatic carboxylic acids is 1. The Morgan fingerprint density at radius 2 is 0.900 bits per heavy atom. The molecule has 0 saturated carbocycles. The second kappa shape index (κ2) is 32.2. The minimum absolute atomic E-state index is 0.0115. The predicted molar refractivity (Wildman–Crippen MR) is 172 cm³/mol. The Labute approximate surface area is 249 Å². The molecule has 0 aromatic carbocycles. The molecule has 0 heterocycles. The van der Waals surface area contributed by atoms with Crippen LogP contribution < -0.4 is 0 Å². The first-order chi connectivity index (χ1) is 19.6. The van der Waals surface area contributed by atoms with E-state index in [0.717, 1.165) is 51.4 Å². The number of hydrogen-bond acceptors (Lipinski definition) is 3. The minimum atomic E-state index is -0.687. The van der Waals surface area contributed by atoms with Crippen LogP contribution in [0.5, 0.6) is 0 Å². The highest BCUT2D eigenvalue weighted by molar-refractivity contribution is 5.69. The van der Waals surface area contributed by atoms with Crippen LogP contribution in [0.25, 0.3) is 0 Å². The van der Waals surface area contributed by atoms with Crippen molar-refractivity contribution in [2.75, 3.05) is 0 Å². The molecular formula is C36H68O4. The van der Waals surface area contributed by atoms with Gasteiger partial charge in [-0.3, -0.25) is 9.59 Å². The van der Waals surface area contributed by atoms with Gasteiger partial charge in [0.25, 0.3) is 0 Å². The molecule has 1 N–H and O–H groups in total. The lowest BCUT2D eigenvalue weighted by Crippen LogP contribution is -2.18. The fraction of sp³-hybridized carbons (Fsp3) is 0.889. The van der Waals surface area contributed by atoms with Crippen molar-refractivity contribution in [3.8, 4) is 0 Å². The largest absolute Gasteiger partial charge is 0.481 e. The van der Waals surface area contributed by atoms with Crippen LogP contribution in [0.2, 0.25) is 0 Å². The molecule has 0 spiro atoms. The molecule has 0 aliphatic heterocycles. The zero-order valence-corrected chi connectivity index (χ0v) is 26.9. The maximum atomic E-state index is 12.6. The van der Waals surface area contributed by atoms with Crippen LogP contribution in [-0.4, -0.2) is 23.1 Å². The average molecular weight is 565 g/mol. The van der Waals surface area contributed by atoms with Crippen LogP contribution >= 0.6 is 0 Å². The summed E-state index contributed by atoms with van der Waals surface area (Å²) in [6.07, 6.45) is 37.9. The monoisotopic (exact) mass is 565 g/mol. The highest BCUT2D eigenvalue weighted by Gasteiger charge is 2.14. The first-order valence-corrected chi connectivity index (χ1v) is 17.7. The third-order valence-corrected chi connectivity index (χ3v) is 7.99. The van der Waals surface area contributed by atoms with E-state index in [9.17, 15) is 9.59 Å². The Kier molecular flexibility index (Phi) is 31.1. The number of ether oxygens (including phenoxy) is 1. The maximum absolute atomic E-state index is 12.6. The lowest BCUT2D eigenvalue weighted by atomic mass is 10.0. The van der Waals surface area contributed by atoms with Crippen molar-refractivity contribution in [3.05, 3.63) is 12.2 Å². The third-order valence-electron chi connectivity index (χ3n) is 7.99. The van der Waals surface area contributed by atoms with Gasteiger partial charge in [-0.15, -0.1) is 0 Å². The number of esters is 1. The van der Waals surface area contributed by atoms with Crippen LogP contribution in [0.15, 0.2) is 12.2 Å². The van der Waals surface area contributed by atoms with Gasteiger partial charge >= 0.3 is 11.9 Å². The number of rotatable bonds is 32. The van der Waals surface area contributed by atoms with E-state index in [1.807, 2.05) is 0 Å². The Hall–Kier alpha value is -1.32. The molecule has 0 aromatic rings. The second-order valence-electron chi connectivity index (χ2n) is 12.1. The number of hydrogen-bond donors (Lipinski definition) is 1. The zero-order valence-electron chi connectivity index (χ0n) is 26.9. The Morgan fingerprint density at radius 3 is 1.38 bits per heavy atom. The Morgan fingerprint density at radius 1 is 0.525 bits per heavy atom. The van der Waals surface area contributed by atoms with Crippen LogP contribution in [0.4, 0.5) is 0 Å². The summed E-state index contributed by atoms with van der Waals surface area (Å²) in [5.74, 6) is -0.675. The average Bonchev–Trinajstić information content (AvgIpc) is 2.93. The summed E-state index contributed by atoms with van der Waals surface area (Å²) in [5.41, 5.74) is 0. The summed E-state index contributed by atoms with van der Waals surface area (Å²) in [5, 5.41) is 8.73. The summed E-state index contributed by atoms with van der Waals surface area (Å²) in [6, 6.07) is 0. The van der Waals surface area contributed by atoms with Crippen molar-refractivity contribution in [3.63, 3.8) is 0 Å².